The lowest BCUT2D eigenvalue weighted by molar-refractivity contribution is -0.387. The first-order valence-corrected chi connectivity index (χ1v) is 6.88. The predicted molar refractivity (Wildman–Crippen MR) is 70.9 cm³/mol. The van der Waals surface area contributed by atoms with Crippen LogP contribution in [0.5, 0.6) is 0 Å². The molecule has 19 heavy (non-hydrogen) atoms. The average Bonchev–Trinajstić information content (AvgIpc) is 2.38. The van der Waals surface area contributed by atoms with Crippen molar-refractivity contribution in [3.63, 3.8) is 0 Å². The highest BCUT2D eigenvalue weighted by molar-refractivity contribution is 7.99. The smallest absolute Gasteiger partial charge is 0.305 e. The third kappa shape index (κ3) is 3.04. The normalized spacial score (nSPS) is 19.3. The second-order valence-electron chi connectivity index (χ2n) is 4.36. The summed E-state index contributed by atoms with van der Waals surface area (Å²) in [7, 11) is 0. The molecule has 0 spiro atoms. The van der Waals surface area contributed by atoms with Crippen LogP contribution < -0.4 is 0 Å². The first-order chi connectivity index (χ1) is 8.99. The van der Waals surface area contributed by atoms with Crippen molar-refractivity contribution in [3.05, 3.63) is 39.7 Å². The molecule has 1 fully saturated rings. The van der Waals surface area contributed by atoms with Gasteiger partial charge in [-0.1, -0.05) is 6.92 Å². The number of amides is 1. The molecule has 7 heteroatoms. The molecule has 1 amide bonds. The molecule has 1 aromatic carbocycles. The molecule has 1 heterocycles. The van der Waals surface area contributed by atoms with Crippen LogP contribution >= 0.6 is 11.8 Å². The summed E-state index contributed by atoms with van der Waals surface area (Å²) in [6, 6.07) is 3.26. The van der Waals surface area contributed by atoms with E-state index in [9.17, 15) is 19.3 Å². The Kier molecular flexibility index (Phi) is 4.04. The lowest BCUT2D eigenvalue weighted by Crippen LogP contribution is -2.41. The maximum atomic E-state index is 13.2. The molecule has 0 aliphatic carbocycles. The number of hydrogen-bond donors (Lipinski definition) is 0. The number of carbonyl (C=O) groups excluding carboxylic acids is 1. The number of nitrogens with zero attached hydrogens (tertiary/aromatic N) is 2. The van der Waals surface area contributed by atoms with E-state index in [0.717, 1.165) is 17.9 Å². The Labute approximate surface area is 113 Å². The van der Waals surface area contributed by atoms with Gasteiger partial charge >= 0.3 is 5.69 Å². The fourth-order valence-electron chi connectivity index (χ4n) is 1.97. The van der Waals surface area contributed by atoms with Gasteiger partial charge in [-0.05, 0) is 12.1 Å². The minimum absolute atomic E-state index is 0.159. The zero-order valence-electron chi connectivity index (χ0n) is 10.3. The quantitative estimate of drug-likeness (QED) is 0.617. The van der Waals surface area contributed by atoms with Crippen LogP contribution in [0.4, 0.5) is 10.1 Å². The van der Waals surface area contributed by atoms with Gasteiger partial charge in [-0.25, -0.2) is 0 Å². The monoisotopic (exact) mass is 284 g/mol. The molecule has 1 aliphatic heterocycles. The maximum absolute atomic E-state index is 13.2. The molecular formula is C12H13FN2O3S. The van der Waals surface area contributed by atoms with Crippen LogP contribution in [0, 0.1) is 15.9 Å². The maximum Gasteiger partial charge on any atom is 0.305 e. The van der Waals surface area contributed by atoms with Crippen molar-refractivity contribution in [1.82, 2.24) is 4.90 Å². The molecule has 2 rings (SSSR count). The third-order valence-electron chi connectivity index (χ3n) is 2.92. The molecule has 1 atom stereocenters. The standard InChI is InChI=1S/C12H13FN2O3S/c1-8-7-14(4-5-19-8)12(16)9-2-3-10(13)11(6-9)15(17)18/h2-3,6,8H,4-5,7H2,1H3. The Balaban J connectivity index is 2.24. The Morgan fingerprint density at radius 1 is 1.58 bits per heavy atom. The van der Waals surface area contributed by atoms with Crippen molar-refractivity contribution in [1.29, 1.82) is 0 Å². The lowest BCUT2D eigenvalue weighted by Gasteiger charge is -2.30. The van der Waals surface area contributed by atoms with Crippen molar-refractivity contribution >= 4 is 23.4 Å². The summed E-state index contributed by atoms with van der Waals surface area (Å²) in [4.78, 5) is 23.7. The van der Waals surface area contributed by atoms with Crippen LogP contribution in [-0.2, 0) is 0 Å². The number of carbonyl (C=O) groups is 1. The second kappa shape index (κ2) is 5.56. The van der Waals surface area contributed by atoms with Crippen molar-refractivity contribution < 1.29 is 14.1 Å². The van der Waals surface area contributed by atoms with E-state index in [2.05, 4.69) is 0 Å². The van der Waals surface area contributed by atoms with Gasteiger partial charge in [0, 0.05) is 35.7 Å². The second-order valence-corrected chi connectivity index (χ2v) is 5.90. The van der Waals surface area contributed by atoms with Crippen molar-refractivity contribution in [2.45, 2.75) is 12.2 Å². The number of halogens is 1. The van der Waals surface area contributed by atoms with Gasteiger partial charge in [0.1, 0.15) is 0 Å². The highest BCUT2D eigenvalue weighted by atomic mass is 32.2. The van der Waals surface area contributed by atoms with Crippen LogP contribution in [0.25, 0.3) is 0 Å². The Morgan fingerprint density at radius 3 is 2.95 bits per heavy atom. The largest absolute Gasteiger partial charge is 0.337 e. The molecule has 1 saturated heterocycles. The highest BCUT2D eigenvalue weighted by Crippen LogP contribution is 2.22. The molecule has 0 saturated carbocycles. The molecule has 0 aromatic heterocycles. The average molecular weight is 284 g/mol. The minimum Gasteiger partial charge on any atom is -0.337 e. The molecule has 5 nitrogen and oxygen atoms in total. The molecule has 1 aliphatic rings. The van der Waals surface area contributed by atoms with Crippen LogP contribution in [0.1, 0.15) is 17.3 Å². The van der Waals surface area contributed by atoms with Crippen LogP contribution in [0.15, 0.2) is 18.2 Å². The van der Waals surface area contributed by atoms with Gasteiger partial charge in [0.05, 0.1) is 4.92 Å². The predicted octanol–water partition coefficient (Wildman–Crippen LogP) is 2.31. The Bertz CT molecular complexity index is 524. The molecule has 102 valence electrons. The number of rotatable bonds is 2. The van der Waals surface area contributed by atoms with Crippen LogP contribution in [0.3, 0.4) is 0 Å². The molecule has 0 radical (unpaired) electrons. The topological polar surface area (TPSA) is 63.5 Å². The SMILES string of the molecule is CC1CN(C(=O)c2ccc(F)c([N+](=O)[O-])c2)CCS1. The summed E-state index contributed by atoms with van der Waals surface area (Å²) in [6.45, 7) is 3.24. The molecule has 1 aromatic rings. The Hall–Kier alpha value is -1.63. The molecule has 1 unspecified atom stereocenters. The van der Waals surface area contributed by atoms with E-state index >= 15 is 0 Å². The first-order valence-electron chi connectivity index (χ1n) is 5.84. The zero-order valence-corrected chi connectivity index (χ0v) is 11.2. The van der Waals surface area contributed by atoms with Crippen molar-refractivity contribution in [2.24, 2.45) is 0 Å². The summed E-state index contributed by atoms with van der Waals surface area (Å²) in [5.74, 6) is -0.365. The van der Waals surface area contributed by atoms with E-state index < -0.39 is 16.4 Å². The van der Waals surface area contributed by atoms with Gasteiger partial charge in [0.15, 0.2) is 0 Å². The summed E-state index contributed by atoms with van der Waals surface area (Å²) in [5.41, 5.74) is -0.502. The minimum atomic E-state index is -0.927. The van der Waals surface area contributed by atoms with E-state index in [1.165, 1.54) is 6.07 Å². The third-order valence-corrected chi connectivity index (χ3v) is 4.05. The number of benzene rings is 1. The van der Waals surface area contributed by atoms with Gasteiger partial charge < -0.3 is 4.90 Å². The molecule has 0 N–H and O–H groups in total. The number of nitro benzene ring substituents is 1. The van der Waals surface area contributed by atoms with Crippen LogP contribution in [-0.4, -0.2) is 39.8 Å². The number of nitro groups is 1. The summed E-state index contributed by atoms with van der Waals surface area (Å²) >= 11 is 1.78. The van der Waals surface area contributed by atoms with E-state index in [0.29, 0.717) is 18.3 Å². The summed E-state index contributed by atoms with van der Waals surface area (Å²) < 4.78 is 13.2. The van der Waals surface area contributed by atoms with E-state index in [1.807, 2.05) is 6.92 Å². The first kappa shape index (κ1) is 13.8. The molecular weight excluding hydrogens is 271 g/mol. The van der Waals surface area contributed by atoms with E-state index in [-0.39, 0.29) is 11.5 Å². The Morgan fingerprint density at radius 2 is 2.32 bits per heavy atom. The van der Waals surface area contributed by atoms with E-state index in [1.54, 1.807) is 16.7 Å². The van der Waals surface area contributed by atoms with Crippen molar-refractivity contribution in [3.8, 4) is 0 Å². The fraction of sp³-hybridized carbons (Fsp3) is 0.417. The summed E-state index contributed by atoms with van der Waals surface area (Å²) in [5, 5.41) is 11.0. The lowest BCUT2D eigenvalue weighted by atomic mass is 10.1. The van der Waals surface area contributed by atoms with Gasteiger partial charge in [-0.2, -0.15) is 16.2 Å². The molecule has 0 bridgehead atoms. The van der Waals surface area contributed by atoms with Crippen LogP contribution in [0.2, 0.25) is 0 Å². The van der Waals surface area contributed by atoms with E-state index in [4.69, 9.17) is 0 Å². The van der Waals surface area contributed by atoms with Gasteiger partial charge in [0.25, 0.3) is 5.91 Å². The highest BCUT2D eigenvalue weighted by Gasteiger charge is 2.24. The fourth-order valence-corrected chi connectivity index (χ4v) is 2.98. The van der Waals surface area contributed by atoms with Gasteiger partial charge in [-0.15, -0.1) is 0 Å². The zero-order chi connectivity index (χ0) is 14.0. The summed E-state index contributed by atoms with van der Waals surface area (Å²) in [6.07, 6.45) is 0. The van der Waals surface area contributed by atoms with Gasteiger partial charge in [0.2, 0.25) is 5.82 Å². The number of hydrogen-bond acceptors (Lipinski definition) is 4. The number of thioether (sulfide) groups is 1. The van der Waals surface area contributed by atoms with Gasteiger partial charge in [-0.3, -0.25) is 14.9 Å². The van der Waals surface area contributed by atoms with Crippen molar-refractivity contribution in [2.75, 3.05) is 18.8 Å².